The molecule has 168 valence electrons. The molecule has 1 aliphatic heterocycles. The number of nitrogens with one attached hydrogen (secondary N) is 1. The van der Waals surface area contributed by atoms with Crippen molar-refractivity contribution in [3.63, 3.8) is 0 Å². The summed E-state index contributed by atoms with van der Waals surface area (Å²) in [5.41, 5.74) is 2.31. The molecule has 1 aliphatic rings. The maximum absolute atomic E-state index is 14.2. The van der Waals surface area contributed by atoms with E-state index in [0.29, 0.717) is 33.8 Å². The second-order valence-corrected chi connectivity index (χ2v) is 7.70. The maximum Gasteiger partial charge on any atom is 0.261 e. The molecule has 34 heavy (non-hydrogen) atoms. The Morgan fingerprint density at radius 3 is 2.26 bits per heavy atom. The molecule has 0 saturated heterocycles. The molecule has 5 rings (SSSR count). The third-order valence-corrected chi connectivity index (χ3v) is 5.49. The van der Waals surface area contributed by atoms with Crippen LogP contribution < -0.4 is 5.32 Å². The van der Waals surface area contributed by atoms with Crippen molar-refractivity contribution in [3.8, 4) is 5.69 Å². The Morgan fingerprint density at radius 2 is 1.65 bits per heavy atom. The van der Waals surface area contributed by atoms with E-state index in [1.165, 1.54) is 27.8 Å². The number of carbonyl (C=O) groups excluding carboxylic acids is 3. The molecule has 0 fully saturated rings. The van der Waals surface area contributed by atoms with Crippen LogP contribution in [-0.4, -0.2) is 42.8 Å². The molecule has 0 bridgehead atoms. The number of fused-ring (bicyclic) bond motifs is 1. The number of imide groups is 1. The molecule has 0 spiro atoms. The van der Waals surface area contributed by atoms with Crippen molar-refractivity contribution in [1.82, 2.24) is 25.1 Å². The number of anilines is 1. The fourth-order valence-electron chi connectivity index (χ4n) is 3.74. The summed E-state index contributed by atoms with van der Waals surface area (Å²) in [5, 5.41) is 13.7. The summed E-state index contributed by atoms with van der Waals surface area (Å²) in [4.78, 5) is 39.0. The normalized spacial score (nSPS) is 12.7. The van der Waals surface area contributed by atoms with E-state index >= 15 is 0 Å². The summed E-state index contributed by atoms with van der Waals surface area (Å²) in [6.07, 6.45) is 0. The van der Waals surface area contributed by atoms with E-state index < -0.39 is 11.7 Å². The van der Waals surface area contributed by atoms with Gasteiger partial charge in [-0.15, -0.1) is 5.10 Å². The largest absolute Gasteiger partial charge is 0.322 e. The molecular weight excluding hydrogens is 439 g/mol. The highest BCUT2D eigenvalue weighted by Crippen LogP contribution is 2.24. The van der Waals surface area contributed by atoms with Crippen molar-refractivity contribution in [1.29, 1.82) is 0 Å². The molecule has 0 radical (unpaired) electrons. The molecule has 3 aromatic carbocycles. The summed E-state index contributed by atoms with van der Waals surface area (Å²) in [6.45, 7) is 1.73. The van der Waals surface area contributed by atoms with Gasteiger partial charge < -0.3 is 5.32 Å². The predicted molar refractivity (Wildman–Crippen MR) is 119 cm³/mol. The predicted octanol–water partition coefficient (Wildman–Crippen LogP) is 3.16. The number of aromatic nitrogens is 4. The van der Waals surface area contributed by atoms with E-state index in [1.807, 2.05) is 0 Å². The minimum atomic E-state index is -0.536. The van der Waals surface area contributed by atoms with E-state index in [9.17, 15) is 18.8 Å². The van der Waals surface area contributed by atoms with Crippen molar-refractivity contribution in [2.24, 2.45) is 0 Å². The number of nitrogens with zero attached hydrogens (tertiary/aromatic N) is 5. The van der Waals surface area contributed by atoms with Crippen molar-refractivity contribution in [2.75, 3.05) is 5.32 Å². The fourth-order valence-corrected chi connectivity index (χ4v) is 3.74. The third kappa shape index (κ3) is 3.71. The van der Waals surface area contributed by atoms with Gasteiger partial charge in [0.25, 0.3) is 17.7 Å². The molecule has 2 heterocycles. The molecular formula is C24H17FN6O3. The lowest BCUT2D eigenvalue weighted by molar-refractivity contribution is 0.0642. The van der Waals surface area contributed by atoms with Crippen LogP contribution in [0.25, 0.3) is 5.69 Å². The number of hydrogen-bond donors (Lipinski definition) is 1. The van der Waals surface area contributed by atoms with E-state index in [4.69, 9.17) is 0 Å². The number of hydrogen-bond acceptors (Lipinski definition) is 6. The zero-order valence-electron chi connectivity index (χ0n) is 17.9. The highest BCUT2D eigenvalue weighted by molar-refractivity contribution is 6.21. The average Bonchev–Trinajstić information content (AvgIpc) is 3.37. The van der Waals surface area contributed by atoms with Crippen LogP contribution in [0.4, 0.5) is 10.1 Å². The highest BCUT2D eigenvalue weighted by Gasteiger charge is 2.34. The van der Waals surface area contributed by atoms with Crippen LogP contribution in [-0.2, 0) is 6.54 Å². The molecule has 0 unspecified atom stereocenters. The first-order valence-corrected chi connectivity index (χ1v) is 10.3. The standard InChI is InChI=1S/C24H17FN6O3/c1-14-27-28-29-31(14)21-12-17(10-11-20(21)25)26-22(32)16-8-6-15(7-9-16)13-30-23(33)18-4-2-3-5-19(18)24(30)34/h2-12H,13H2,1H3,(H,26,32). The van der Waals surface area contributed by atoms with Crippen molar-refractivity contribution in [2.45, 2.75) is 13.5 Å². The van der Waals surface area contributed by atoms with Crippen LogP contribution in [0.5, 0.6) is 0 Å². The number of carbonyl (C=O) groups is 3. The van der Waals surface area contributed by atoms with E-state index in [1.54, 1.807) is 55.5 Å². The number of benzene rings is 3. The third-order valence-electron chi connectivity index (χ3n) is 5.49. The smallest absolute Gasteiger partial charge is 0.261 e. The second-order valence-electron chi connectivity index (χ2n) is 7.70. The van der Waals surface area contributed by atoms with Gasteiger partial charge in [0.2, 0.25) is 0 Å². The Labute approximate surface area is 192 Å². The molecule has 9 nitrogen and oxygen atoms in total. The summed E-state index contributed by atoms with van der Waals surface area (Å²) < 4.78 is 15.5. The number of halogens is 1. The van der Waals surface area contributed by atoms with Crippen LogP contribution in [0.2, 0.25) is 0 Å². The van der Waals surface area contributed by atoms with E-state index in [0.717, 1.165) is 0 Å². The summed E-state index contributed by atoms with van der Waals surface area (Å²) in [5.74, 6) is -1.22. The number of tetrazole rings is 1. The minimum absolute atomic E-state index is 0.0981. The Hall–Kier alpha value is -4.73. The monoisotopic (exact) mass is 456 g/mol. The lowest BCUT2D eigenvalue weighted by Gasteiger charge is -2.14. The van der Waals surface area contributed by atoms with Crippen LogP contribution in [0, 0.1) is 12.7 Å². The zero-order valence-corrected chi connectivity index (χ0v) is 17.9. The van der Waals surface area contributed by atoms with Crippen molar-refractivity contribution >= 4 is 23.4 Å². The second kappa shape index (κ2) is 8.32. The van der Waals surface area contributed by atoms with Gasteiger partial charge in [0.15, 0.2) is 5.82 Å². The summed E-state index contributed by atoms with van der Waals surface area (Å²) in [6, 6.07) is 17.3. The molecule has 0 saturated carbocycles. The Kier molecular flexibility index (Phi) is 5.17. The number of rotatable bonds is 5. The first kappa shape index (κ1) is 21.1. The first-order chi connectivity index (χ1) is 16.4. The summed E-state index contributed by atoms with van der Waals surface area (Å²) in [7, 11) is 0. The number of aryl methyl sites for hydroxylation is 1. The Bertz CT molecular complexity index is 1410. The Morgan fingerprint density at radius 1 is 0.971 bits per heavy atom. The van der Waals surface area contributed by atoms with Gasteiger partial charge in [0.1, 0.15) is 11.5 Å². The van der Waals surface area contributed by atoms with Gasteiger partial charge in [-0.05, 0) is 65.4 Å². The zero-order chi connectivity index (χ0) is 23.8. The van der Waals surface area contributed by atoms with Gasteiger partial charge >= 0.3 is 0 Å². The molecule has 3 amide bonds. The molecule has 10 heteroatoms. The first-order valence-electron chi connectivity index (χ1n) is 10.3. The van der Waals surface area contributed by atoms with Gasteiger partial charge in [0, 0.05) is 11.3 Å². The molecule has 4 aromatic rings. The van der Waals surface area contributed by atoms with Crippen LogP contribution in [0.1, 0.15) is 42.5 Å². The van der Waals surface area contributed by atoms with Crippen LogP contribution in [0.15, 0.2) is 66.7 Å². The van der Waals surface area contributed by atoms with Crippen LogP contribution in [0.3, 0.4) is 0 Å². The number of amides is 3. The topological polar surface area (TPSA) is 110 Å². The highest BCUT2D eigenvalue weighted by atomic mass is 19.1. The van der Waals surface area contributed by atoms with Gasteiger partial charge in [-0.1, -0.05) is 24.3 Å². The van der Waals surface area contributed by atoms with Gasteiger partial charge in [-0.25, -0.2) is 4.39 Å². The fraction of sp³-hybridized carbons (Fsp3) is 0.0833. The van der Waals surface area contributed by atoms with E-state index in [-0.39, 0.29) is 24.0 Å². The maximum atomic E-state index is 14.2. The average molecular weight is 456 g/mol. The summed E-state index contributed by atoms with van der Waals surface area (Å²) >= 11 is 0. The molecule has 1 N–H and O–H groups in total. The van der Waals surface area contributed by atoms with Crippen molar-refractivity contribution < 1.29 is 18.8 Å². The minimum Gasteiger partial charge on any atom is -0.322 e. The van der Waals surface area contributed by atoms with Crippen molar-refractivity contribution in [3.05, 3.63) is 101 Å². The lowest BCUT2D eigenvalue weighted by atomic mass is 10.1. The van der Waals surface area contributed by atoms with Gasteiger partial charge in [-0.3, -0.25) is 19.3 Å². The van der Waals surface area contributed by atoms with Gasteiger partial charge in [-0.2, -0.15) is 4.68 Å². The van der Waals surface area contributed by atoms with E-state index in [2.05, 4.69) is 20.8 Å². The SMILES string of the molecule is Cc1nnnn1-c1cc(NC(=O)c2ccc(CN3C(=O)c4ccccc4C3=O)cc2)ccc1F. The van der Waals surface area contributed by atoms with Crippen LogP contribution >= 0.6 is 0 Å². The Balaban J connectivity index is 1.29. The molecule has 0 aliphatic carbocycles. The molecule has 1 aromatic heterocycles. The van der Waals surface area contributed by atoms with Gasteiger partial charge in [0.05, 0.1) is 17.7 Å². The quantitative estimate of drug-likeness (QED) is 0.462. The lowest BCUT2D eigenvalue weighted by Crippen LogP contribution is -2.29. The molecule has 0 atom stereocenters.